The van der Waals surface area contributed by atoms with Crippen LogP contribution in [0.25, 0.3) is 0 Å². The maximum Gasteiger partial charge on any atom is 0.323 e. The van der Waals surface area contributed by atoms with Crippen LogP contribution >= 0.6 is 0 Å². The maximum absolute atomic E-state index is 11.9. The summed E-state index contributed by atoms with van der Waals surface area (Å²) in [7, 11) is 2.07. The summed E-state index contributed by atoms with van der Waals surface area (Å²) in [6, 6.07) is 0.435. The van der Waals surface area contributed by atoms with Crippen LogP contribution in [0.4, 0.5) is 0 Å². The average Bonchev–Trinajstić information content (AvgIpc) is 2.40. The van der Waals surface area contributed by atoms with E-state index in [0.29, 0.717) is 12.6 Å². The summed E-state index contributed by atoms with van der Waals surface area (Å²) < 4.78 is 5.16. The Balaban J connectivity index is 2.51. The first-order valence-corrected chi connectivity index (χ1v) is 7.24. The molecule has 4 heteroatoms. The summed E-state index contributed by atoms with van der Waals surface area (Å²) in [6.45, 7) is 10.0. The summed E-state index contributed by atoms with van der Waals surface area (Å²) in [4.78, 5) is 16.6. The zero-order valence-corrected chi connectivity index (χ0v) is 12.3. The van der Waals surface area contributed by atoms with Gasteiger partial charge in [-0.1, -0.05) is 13.8 Å². The number of carbonyl (C=O) groups excluding carboxylic acids is 1. The summed E-state index contributed by atoms with van der Waals surface area (Å²) in [5.74, 6) is -0.0691. The molecule has 0 bridgehead atoms. The molecule has 0 amide bonds. The molecular formula is C14H28N2O2. The number of hydrogen-bond donors (Lipinski definition) is 0. The van der Waals surface area contributed by atoms with Gasteiger partial charge in [0.05, 0.1) is 6.61 Å². The SMILES string of the molecule is CCOC(=O)C(CC)N(C)C1CCN(CC)CC1. The van der Waals surface area contributed by atoms with Crippen molar-refractivity contribution in [2.24, 2.45) is 0 Å². The topological polar surface area (TPSA) is 32.8 Å². The summed E-state index contributed by atoms with van der Waals surface area (Å²) in [6.07, 6.45) is 3.13. The number of nitrogens with zero attached hydrogens (tertiary/aromatic N) is 2. The van der Waals surface area contributed by atoms with Crippen molar-refractivity contribution in [1.82, 2.24) is 9.80 Å². The van der Waals surface area contributed by atoms with Crippen LogP contribution in [0.5, 0.6) is 0 Å². The molecule has 0 radical (unpaired) electrons. The van der Waals surface area contributed by atoms with Crippen molar-refractivity contribution in [2.75, 3.05) is 33.3 Å². The van der Waals surface area contributed by atoms with Gasteiger partial charge in [0.15, 0.2) is 0 Å². The van der Waals surface area contributed by atoms with Gasteiger partial charge in [-0.25, -0.2) is 0 Å². The molecule has 1 rings (SSSR count). The lowest BCUT2D eigenvalue weighted by Gasteiger charge is -2.39. The summed E-state index contributed by atoms with van der Waals surface area (Å²) in [5, 5.41) is 0. The molecule has 0 aliphatic carbocycles. The van der Waals surface area contributed by atoms with Crippen molar-refractivity contribution in [1.29, 1.82) is 0 Å². The first-order valence-electron chi connectivity index (χ1n) is 7.24. The third-order valence-corrected chi connectivity index (χ3v) is 4.02. The lowest BCUT2D eigenvalue weighted by Crippen LogP contribution is -2.49. The minimum atomic E-state index is -0.0804. The van der Waals surface area contributed by atoms with Crippen molar-refractivity contribution in [2.45, 2.75) is 52.1 Å². The fourth-order valence-corrected chi connectivity index (χ4v) is 2.76. The number of piperidine rings is 1. The Bertz CT molecular complexity index is 250. The lowest BCUT2D eigenvalue weighted by molar-refractivity contribution is -0.150. The smallest absolute Gasteiger partial charge is 0.323 e. The van der Waals surface area contributed by atoms with Gasteiger partial charge in [-0.05, 0) is 52.9 Å². The van der Waals surface area contributed by atoms with Gasteiger partial charge in [-0.3, -0.25) is 9.69 Å². The van der Waals surface area contributed by atoms with Gasteiger partial charge in [-0.15, -0.1) is 0 Å². The number of hydrogen-bond acceptors (Lipinski definition) is 4. The molecule has 1 atom stereocenters. The molecule has 4 nitrogen and oxygen atoms in total. The van der Waals surface area contributed by atoms with Crippen molar-refractivity contribution >= 4 is 5.97 Å². The van der Waals surface area contributed by atoms with E-state index < -0.39 is 0 Å². The molecule has 1 saturated heterocycles. The Kier molecular flexibility index (Phi) is 6.65. The van der Waals surface area contributed by atoms with E-state index in [1.165, 1.54) is 0 Å². The predicted molar refractivity (Wildman–Crippen MR) is 73.6 cm³/mol. The molecule has 0 aromatic heterocycles. The highest BCUT2D eigenvalue weighted by molar-refractivity contribution is 5.75. The third kappa shape index (κ3) is 3.95. The number of likely N-dealkylation sites (N-methyl/N-ethyl adjacent to an activating group) is 1. The van der Waals surface area contributed by atoms with Gasteiger partial charge in [-0.2, -0.15) is 0 Å². The van der Waals surface area contributed by atoms with Gasteiger partial charge in [0.2, 0.25) is 0 Å². The predicted octanol–water partition coefficient (Wildman–Crippen LogP) is 1.74. The minimum absolute atomic E-state index is 0.0691. The van der Waals surface area contributed by atoms with Crippen LogP contribution in [-0.4, -0.2) is 61.1 Å². The standard InChI is InChI=1S/C14H28N2O2/c1-5-13(14(17)18-7-3)15(4)12-8-10-16(6-2)11-9-12/h12-13H,5-11H2,1-4H3. The molecule has 0 spiro atoms. The van der Waals surface area contributed by atoms with Crippen LogP contribution < -0.4 is 0 Å². The summed E-state index contributed by atoms with van der Waals surface area (Å²) in [5.41, 5.74) is 0. The van der Waals surface area contributed by atoms with Gasteiger partial charge < -0.3 is 9.64 Å². The van der Waals surface area contributed by atoms with E-state index in [1.807, 2.05) is 6.92 Å². The fourth-order valence-electron chi connectivity index (χ4n) is 2.76. The Hall–Kier alpha value is -0.610. The van der Waals surface area contributed by atoms with E-state index in [4.69, 9.17) is 4.74 Å². The van der Waals surface area contributed by atoms with Crippen molar-refractivity contribution in [3.63, 3.8) is 0 Å². The quantitative estimate of drug-likeness (QED) is 0.678. The molecule has 1 aliphatic heterocycles. The summed E-state index contributed by atoms with van der Waals surface area (Å²) >= 11 is 0. The van der Waals surface area contributed by atoms with E-state index >= 15 is 0 Å². The van der Waals surface area contributed by atoms with Gasteiger partial charge in [0, 0.05) is 6.04 Å². The van der Waals surface area contributed by atoms with Crippen molar-refractivity contribution < 1.29 is 9.53 Å². The number of rotatable bonds is 6. The highest BCUT2D eigenvalue weighted by atomic mass is 16.5. The normalized spacial score (nSPS) is 20.1. The largest absolute Gasteiger partial charge is 0.465 e. The second-order valence-corrected chi connectivity index (χ2v) is 5.01. The van der Waals surface area contributed by atoms with Gasteiger partial charge in [0.25, 0.3) is 0 Å². The molecule has 0 saturated carbocycles. The van der Waals surface area contributed by atoms with Crippen LogP contribution in [0.3, 0.4) is 0 Å². The highest BCUT2D eigenvalue weighted by Crippen LogP contribution is 2.19. The zero-order valence-electron chi connectivity index (χ0n) is 12.3. The van der Waals surface area contributed by atoms with E-state index in [2.05, 4.69) is 30.7 Å². The first-order chi connectivity index (χ1) is 8.63. The second-order valence-electron chi connectivity index (χ2n) is 5.01. The second kappa shape index (κ2) is 7.74. The van der Waals surface area contributed by atoms with Crippen LogP contribution in [-0.2, 0) is 9.53 Å². The van der Waals surface area contributed by atoms with Crippen LogP contribution in [0, 0.1) is 0 Å². The molecule has 18 heavy (non-hydrogen) atoms. The monoisotopic (exact) mass is 256 g/mol. The Morgan fingerprint density at radius 2 is 1.94 bits per heavy atom. The lowest BCUT2D eigenvalue weighted by atomic mass is 10.0. The molecule has 0 N–H and O–H groups in total. The molecule has 0 aromatic carbocycles. The molecule has 1 fully saturated rings. The van der Waals surface area contributed by atoms with Gasteiger partial charge in [0.1, 0.15) is 6.04 Å². The Morgan fingerprint density at radius 1 is 1.33 bits per heavy atom. The van der Waals surface area contributed by atoms with Crippen molar-refractivity contribution in [3.8, 4) is 0 Å². The molecule has 1 aliphatic rings. The Morgan fingerprint density at radius 3 is 2.39 bits per heavy atom. The number of ether oxygens (including phenoxy) is 1. The highest BCUT2D eigenvalue weighted by Gasteiger charge is 2.30. The van der Waals surface area contributed by atoms with Gasteiger partial charge >= 0.3 is 5.97 Å². The first kappa shape index (κ1) is 15.4. The molecule has 106 valence electrons. The Labute approximate surface area is 111 Å². The number of esters is 1. The molecular weight excluding hydrogens is 228 g/mol. The fraction of sp³-hybridized carbons (Fsp3) is 0.929. The zero-order chi connectivity index (χ0) is 13.5. The molecule has 0 aromatic rings. The van der Waals surface area contributed by atoms with Crippen LogP contribution in [0.15, 0.2) is 0 Å². The van der Waals surface area contributed by atoms with E-state index in [-0.39, 0.29) is 12.0 Å². The van der Waals surface area contributed by atoms with E-state index in [1.54, 1.807) is 0 Å². The average molecular weight is 256 g/mol. The molecule has 1 heterocycles. The van der Waals surface area contributed by atoms with Crippen LogP contribution in [0.2, 0.25) is 0 Å². The minimum Gasteiger partial charge on any atom is -0.465 e. The van der Waals surface area contributed by atoms with E-state index in [9.17, 15) is 4.79 Å². The number of carbonyl (C=O) groups is 1. The van der Waals surface area contributed by atoms with E-state index in [0.717, 1.165) is 38.9 Å². The van der Waals surface area contributed by atoms with Crippen LogP contribution in [0.1, 0.15) is 40.0 Å². The third-order valence-electron chi connectivity index (χ3n) is 4.02. The molecule has 1 unspecified atom stereocenters. The van der Waals surface area contributed by atoms with Crippen molar-refractivity contribution in [3.05, 3.63) is 0 Å². The maximum atomic E-state index is 11.9. The number of likely N-dealkylation sites (tertiary alicyclic amines) is 1.